The number of alkyl halides is 3. The van der Waals surface area contributed by atoms with Crippen molar-refractivity contribution < 1.29 is 13.2 Å². The second-order valence-electron chi connectivity index (χ2n) is 5.43. The minimum Gasteiger partial charge on any atom is -0.316 e. The topological polar surface area (TPSA) is 55.6 Å². The van der Waals surface area contributed by atoms with Crippen molar-refractivity contribution in [1.29, 1.82) is 0 Å². The van der Waals surface area contributed by atoms with Crippen molar-refractivity contribution in [3.05, 3.63) is 41.7 Å². The predicted octanol–water partition coefficient (Wildman–Crippen LogP) is 2.28. The van der Waals surface area contributed by atoms with Gasteiger partial charge in [0.25, 0.3) is 0 Å². The molecule has 1 saturated heterocycles. The Hall–Kier alpha value is -1.96. The fourth-order valence-corrected chi connectivity index (χ4v) is 2.91. The molecule has 2 heterocycles. The number of halogens is 3. The molecule has 0 unspecified atom stereocenters. The molecule has 0 radical (unpaired) electrons. The Kier molecular flexibility index (Phi) is 4.10. The van der Waals surface area contributed by atoms with Crippen LogP contribution in [0.1, 0.15) is 30.0 Å². The van der Waals surface area contributed by atoms with Crippen LogP contribution in [0.5, 0.6) is 0 Å². The Morgan fingerprint density at radius 1 is 1.23 bits per heavy atom. The van der Waals surface area contributed by atoms with E-state index in [0.717, 1.165) is 43.6 Å². The van der Waals surface area contributed by atoms with Gasteiger partial charge in [-0.3, -0.25) is 0 Å². The van der Waals surface area contributed by atoms with Gasteiger partial charge in [-0.15, -0.1) is 10.2 Å². The van der Waals surface area contributed by atoms with Gasteiger partial charge in [0.05, 0.1) is 5.56 Å². The minimum atomic E-state index is -4.33. The van der Waals surface area contributed by atoms with Crippen molar-refractivity contribution in [2.24, 2.45) is 5.92 Å². The van der Waals surface area contributed by atoms with E-state index in [1.807, 2.05) is 0 Å². The van der Waals surface area contributed by atoms with Gasteiger partial charge in [-0.05, 0) is 48.2 Å². The minimum absolute atomic E-state index is 0.211. The summed E-state index contributed by atoms with van der Waals surface area (Å²) in [6.45, 7) is 1.74. The molecule has 3 rings (SSSR count). The molecule has 118 valence electrons. The van der Waals surface area contributed by atoms with Crippen molar-refractivity contribution in [2.45, 2.75) is 25.1 Å². The summed E-state index contributed by atoms with van der Waals surface area (Å²) in [7, 11) is 0. The third-order valence-corrected chi connectivity index (χ3v) is 3.97. The normalized spacial score (nSPS) is 20.8. The van der Waals surface area contributed by atoms with Gasteiger partial charge in [-0.25, -0.2) is 0 Å². The van der Waals surface area contributed by atoms with Gasteiger partial charge in [-0.2, -0.15) is 18.0 Å². The summed E-state index contributed by atoms with van der Waals surface area (Å²) < 4.78 is 38.1. The summed E-state index contributed by atoms with van der Waals surface area (Å²) in [5, 5.41) is 15.1. The summed E-state index contributed by atoms with van der Waals surface area (Å²) in [6, 6.07) is 5.01. The zero-order valence-corrected chi connectivity index (χ0v) is 11.8. The van der Waals surface area contributed by atoms with Gasteiger partial charge < -0.3 is 5.32 Å². The maximum absolute atomic E-state index is 12.7. The standard InChI is InChI=1S/C14H16F3N5/c15-14(16,17)12-5-3-10(4-6-12)13(22-20-9-19-21-22)11-2-1-7-18-8-11/h3-6,9,11,13,18H,1-2,7-8H2/t11-,13-/m0/s1. The number of piperidine rings is 1. The van der Waals surface area contributed by atoms with Crippen LogP contribution in [0.2, 0.25) is 0 Å². The van der Waals surface area contributed by atoms with E-state index in [1.54, 1.807) is 0 Å². The lowest BCUT2D eigenvalue weighted by atomic mass is 9.87. The molecule has 22 heavy (non-hydrogen) atoms. The van der Waals surface area contributed by atoms with Crippen LogP contribution in [-0.2, 0) is 6.18 Å². The van der Waals surface area contributed by atoms with Crippen molar-refractivity contribution in [3.63, 3.8) is 0 Å². The first kappa shape index (κ1) is 15.0. The molecule has 1 aliphatic heterocycles. The van der Waals surface area contributed by atoms with E-state index in [0.29, 0.717) is 0 Å². The van der Waals surface area contributed by atoms with Gasteiger partial charge in [0.15, 0.2) is 6.33 Å². The lowest BCUT2D eigenvalue weighted by Gasteiger charge is -2.30. The molecular weight excluding hydrogens is 295 g/mol. The first-order valence-corrected chi connectivity index (χ1v) is 7.16. The molecule has 0 aliphatic carbocycles. The number of hydrogen-bond acceptors (Lipinski definition) is 4. The molecule has 0 amide bonds. The van der Waals surface area contributed by atoms with E-state index in [9.17, 15) is 13.2 Å². The number of hydrogen-bond donors (Lipinski definition) is 1. The van der Waals surface area contributed by atoms with Crippen LogP contribution in [-0.4, -0.2) is 33.3 Å². The van der Waals surface area contributed by atoms with Crippen LogP contribution < -0.4 is 5.32 Å². The van der Waals surface area contributed by atoms with Crippen molar-refractivity contribution in [1.82, 2.24) is 25.5 Å². The molecule has 1 fully saturated rings. The number of aromatic nitrogens is 4. The molecule has 1 aliphatic rings. The van der Waals surface area contributed by atoms with Crippen LogP contribution in [0.4, 0.5) is 13.2 Å². The molecule has 2 aromatic rings. The fourth-order valence-electron chi connectivity index (χ4n) is 2.91. The largest absolute Gasteiger partial charge is 0.416 e. The van der Waals surface area contributed by atoms with E-state index in [-0.39, 0.29) is 12.0 Å². The molecular formula is C14H16F3N5. The highest BCUT2D eigenvalue weighted by Crippen LogP contribution is 2.33. The Bertz CT molecular complexity index is 588. The Balaban J connectivity index is 1.92. The highest BCUT2D eigenvalue weighted by atomic mass is 19.4. The molecule has 8 heteroatoms. The van der Waals surface area contributed by atoms with E-state index in [2.05, 4.69) is 20.7 Å². The van der Waals surface area contributed by atoms with Crippen LogP contribution in [0.3, 0.4) is 0 Å². The average molecular weight is 311 g/mol. The zero-order valence-electron chi connectivity index (χ0n) is 11.8. The Morgan fingerprint density at radius 2 is 2.00 bits per heavy atom. The van der Waals surface area contributed by atoms with Crippen LogP contribution in [0, 0.1) is 5.92 Å². The Labute approximate surface area is 125 Å². The van der Waals surface area contributed by atoms with Gasteiger partial charge in [0, 0.05) is 6.54 Å². The van der Waals surface area contributed by atoms with E-state index >= 15 is 0 Å². The molecule has 2 atom stereocenters. The number of tetrazole rings is 1. The average Bonchev–Trinajstić information content (AvgIpc) is 3.02. The third kappa shape index (κ3) is 3.11. The Morgan fingerprint density at radius 3 is 2.55 bits per heavy atom. The smallest absolute Gasteiger partial charge is 0.316 e. The molecule has 1 N–H and O–H groups in total. The van der Waals surface area contributed by atoms with Gasteiger partial charge in [0.2, 0.25) is 0 Å². The van der Waals surface area contributed by atoms with Crippen LogP contribution in [0.15, 0.2) is 30.6 Å². The number of nitrogens with one attached hydrogen (secondary N) is 1. The van der Waals surface area contributed by atoms with Gasteiger partial charge in [-0.1, -0.05) is 12.1 Å². The van der Waals surface area contributed by atoms with E-state index < -0.39 is 11.7 Å². The van der Waals surface area contributed by atoms with E-state index in [4.69, 9.17) is 0 Å². The van der Waals surface area contributed by atoms with Crippen LogP contribution in [0.25, 0.3) is 0 Å². The quantitative estimate of drug-likeness (QED) is 0.945. The van der Waals surface area contributed by atoms with Crippen molar-refractivity contribution in [2.75, 3.05) is 13.1 Å². The van der Waals surface area contributed by atoms with Crippen LogP contribution >= 0.6 is 0 Å². The molecule has 1 aromatic heterocycles. The summed E-state index contributed by atoms with van der Waals surface area (Å²) in [6.07, 6.45) is -0.990. The monoisotopic (exact) mass is 311 g/mol. The van der Waals surface area contributed by atoms with Crippen molar-refractivity contribution >= 4 is 0 Å². The first-order chi connectivity index (χ1) is 10.6. The fraction of sp³-hybridized carbons (Fsp3) is 0.500. The lowest BCUT2D eigenvalue weighted by molar-refractivity contribution is -0.137. The predicted molar refractivity (Wildman–Crippen MR) is 73.0 cm³/mol. The highest BCUT2D eigenvalue weighted by molar-refractivity contribution is 5.27. The highest BCUT2D eigenvalue weighted by Gasteiger charge is 2.32. The summed E-state index contributed by atoms with van der Waals surface area (Å²) >= 11 is 0. The SMILES string of the molecule is FC(F)(F)c1ccc([C@@H]([C@H]2CCCNC2)n2ncnn2)cc1. The zero-order chi connectivity index (χ0) is 15.6. The number of rotatable bonds is 3. The first-order valence-electron chi connectivity index (χ1n) is 7.16. The second kappa shape index (κ2) is 6.04. The number of benzene rings is 1. The maximum Gasteiger partial charge on any atom is 0.416 e. The van der Waals surface area contributed by atoms with Gasteiger partial charge >= 0.3 is 6.18 Å². The third-order valence-electron chi connectivity index (χ3n) is 3.97. The van der Waals surface area contributed by atoms with Crippen molar-refractivity contribution in [3.8, 4) is 0 Å². The molecule has 0 spiro atoms. The molecule has 0 bridgehead atoms. The second-order valence-corrected chi connectivity index (χ2v) is 5.43. The maximum atomic E-state index is 12.7. The van der Waals surface area contributed by atoms with Gasteiger partial charge in [0.1, 0.15) is 6.04 Å². The summed E-state index contributed by atoms with van der Waals surface area (Å²) in [5.41, 5.74) is 0.114. The summed E-state index contributed by atoms with van der Waals surface area (Å²) in [5.74, 6) is 0.222. The van der Waals surface area contributed by atoms with E-state index in [1.165, 1.54) is 23.3 Å². The molecule has 1 aromatic carbocycles. The molecule has 5 nitrogen and oxygen atoms in total. The number of nitrogens with zero attached hydrogens (tertiary/aromatic N) is 4. The molecule has 0 saturated carbocycles. The summed E-state index contributed by atoms with van der Waals surface area (Å²) in [4.78, 5) is 1.49. The lowest BCUT2D eigenvalue weighted by Crippen LogP contribution is -2.36.